The van der Waals surface area contributed by atoms with Gasteiger partial charge in [-0.2, -0.15) is 0 Å². The summed E-state index contributed by atoms with van der Waals surface area (Å²) in [6.07, 6.45) is 15.6. The van der Waals surface area contributed by atoms with E-state index in [9.17, 15) is 0 Å². The second kappa shape index (κ2) is 11.9. The van der Waals surface area contributed by atoms with E-state index in [0.717, 1.165) is 24.5 Å². The minimum Gasteiger partial charge on any atom is -0.490 e. The highest BCUT2D eigenvalue weighted by atomic mass is 16.5. The Morgan fingerprint density at radius 1 is 0.656 bits per heavy atom. The molecule has 4 rings (SSSR count). The summed E-state index contributed by atoms with van der Waals surface area (Å²) in [5.74, 6) is 2.52. The predicted molar refractivity (Wildman–Crippen MR) is 134 cm³/mol. The van der Waals surface area contributed by atoms with Gasteiger partial charge in [0.2, 0.25) is 0 Å². The highest BCUT2D eigenvalue weighted by Crippen LogP contribution is 2.40. The maximum Gasteiger partial charge on any atom is 0.123 e. The number of aryl methyl sites for hydroxylation is 1. The third-order valence-electron chi connectivity index (χ3n) is 7.81. The SMILES string of the molecule is COC1CCCC(Oc2ccccc2C2CCCC(c3cccc(C)c3)CCC2)CCC1. The Morgan fingerprint density at radius 3 is 1.97 bits per heavy atom. The van der Waals surface area contributed by atoms with Gasteiger partial charge in [-0.1, -0.05) is 60.9 Å². The van der Waals surface area contributed by atoms with Gasteiger partial charge >= 0.3 is 0 Å². The van der Waals surface area contributed by atoms with E-state index in [-0.39, 0.29) is 0 Å². The molecule has 2 saturated carbocycles. The van der Waals surface area contributed by atoms with Gasteiger partial charge in [-0.3, -0.25) is 0 Å². The number of hydrogen-bond acceptors (Lipinski definition) is 2. The Balaban J connectivity index is 1.37. The molecule has 2 heteroatoms. The minimum atomic E-state index is 0.355. The Bertz CT molecular complexity index is 809. The van der Waals surface area contributed by atoms with Crippen LogP contribution in [0.25, 0.3) is 0 Å². The lowest BCUT2D eigenvalue weighted by molar-refractivity contribution is 0.0640. The van der Waals surface area contributed by atoms with Crippen LogP contribution in [0.5, 0.6) is 5.75 Å². The summed E-state index contributed by atoms with van der Waals surface area (Å²) >= 11 is 0. The molecule has 0 heterocycles. The molecule has 2 fully saturated rings. The highest BCUT2D eigenvalue weighted by molar-refractivity contribution is 5.36. The molecule has 2 nitrogen and oxygen atoms in total. The number of benzene rings is 2. The number of rotatable bonds is 5. The van der Waals surface area contributed by atoms with Gasteiger partial charge in [0.05, 0.1) is 12.2 Å². The fourth-order valence-electron chi connectivity index (χ4n) is 5.97. The summed E-state index contributed by atoms with van der Waals surface area (Å²) in [4.78, 5) is 0. The van der Waals surface area contributed by atoms with Crippen molar-refractivity contribution in [3.8, 4) is 5.75 Å². The summed E-state index contributed by atoms with van der Waals surface area (Å²) in [5.41, 5.74) is 4.39. The van der Waals surface area contributed by atoms with Gasteiger partial charge in [-0.25, -0.2) is 0 Å². The van der Waals surface area contributed by atoms with Crippen LogP contribution in [0.2, 0.25) is 0 Å². The summed E-state index contributed by atoms with van der Waals surface area (Å²) in [6, 6.07) is 18.1. The smallest absolute Gasteiger partial charge is 0.123 e. The van der Waals surface area contributed by atoms with Crippen LogP contribution in [0.1, 0.15) is 106 Å². The summed E-state index contributed by atoms with van der Waals surface area (Å²) in [6.45, 7) is 2.21. The van der Waals surface area contributed by atoms with Gasteiger partial charge in [0, 0.05) is 7.11 Å². The van der Waals surface area contributed by atoms with E-state index in [1.165, 1.54) is 75.3 Å². The van der Waals surface area contributed by atoms with Crippen LogP contribution in [0.3, 0.4) is 0 Å². The van der Waals surface area contributed by atoms with Crippen LogP contribution in [0.15, 0.2) is 48.5 Å². The first-order chi connectivity index (χ1) is 15.7. The standard InChI is InChI=1S/C30H42O2/c1-23-10-5-15-26(22-23)24-11-6-13-25(14-7-12-24)29-20-3-4-21-30(29)32-28-18-8-16-27(31-2)17-9-19-28/h3-5,10,15,20-22,24-25,27-28H,6-9,11-14,16-19H2,1-2H3. The van der Waals surface area contributed by atoms with Crippen LogP contribution in [0, 0.1) is 6.92 Å². The first-order valence-corrected chi connectivity index (χ1v) is 13.1. The second-order valence-corrected chi connectivity index (χ2v) is 10.2. The topological polar surface area (TPSA) is 18.5 Å². The summed E-state index contributed by atoms with van der Waals surface area (Å²) < 4.78 is 12.3. The molecule has 0 unspecified atom stereocenters. The van der Waals surface area contributed by atoms with Crippen molar-refractivity contribution in [1.29, 1.82) is 0 Å². The largest absolute Gasteiger partial charge is 0.490 e. The van der Waals surface area contributed by atoms with Crippen LogP contribution >= 0.6 is 0 Å². The lowest BCUT2D eigenvalue weighted by atomic mass is 9.80. The lowest BCUT2D eigenvalue weighted by Crippen LogP contribution is -2.23. The fourth-order valence-corrected chi connectivity index (χ4v) is 5.97. The Kier molecular flexibility index (Phi) is 8.68. The van der Waals surface area contributed by atoms with Crippen LogP contribution < -0.4 is 4.74 Å². The molecule has 0 aliphatic heterocycles. The molecular formula is C30H42O2. The van der Waals surface area contributed by atoms with Crippen molar-refractivity contribution in [2.75, 3.05) is 7.11 Å². The van der Waals surface area contributed by atoms with Crippen LogP contribution in [-0.2, 0) is 4.74 Å². The fraction of sp³-hybridized carbons (Fsp3) is 0.600. The molecule has 2 aromatic rings. The normalized spacial score (nSPS) is 27.6. The van der Waals surface area contributed by atoms with Gasteiger partial charge in [-0.15, -0.1) is 0 Å². The van der Waals surface area contributed by atoms with E-state index in [4.69, 9.17) is 9.47 Å². The van der Waals surface area contributed by atoms with Gasteiger partial charge in [0.1, 0.15) is 5.75 Å². The Labute approximate surface area is 195 Å². The van der Waals surface area contributed by atoms with Crippen molar-refractivity contribution in [1.82, 2.24) is 0 Å². The monoisotopic (exact) mass is 434 g/mol. The Morgan fingerprint density at radius 2 is 1.28 bits per heavy atom. The molecule has 32 heavy (non-hydrogen) atoms. The number of para-hydroxylation sites is 1. The van der Waals surface area contributed by atoms with E-state index < -0.39 is 0 Å². The van der Waals surface area contributed by atoms with Gasteiger partial charge in [-0.05, 0) is 100 Å². The number of ether oxygens (including phenoxy) is 2. The van der Waals surface area contributed by atoms with E-state index in [1.807, 2.05) is 7.11 Å². The van der Waals surface area contributed by atoms with Crippen LogP contribution in [0.4, 0.5) is 0 Å². The van der Waals surface area contributed by atoms with E-state index in [2.05, 4.69) is 55.5 Å². The molecule has 174 valence electrons. The lowest BCUT2D eigenvalue weighted by Gasteiger charge is -2.29. The zero-order valence-electron chi connectivity index (χ0n) is 20.2. The molecule has 0 spiro atoms. The zero-order chi connectivity index (χ0) is 22.2. The molecular weight excluding hydrogens is 392 g/mol. The first-order valence-electron chi connectivity index (χ1n) is 13.1. The number of hydrogen-bond donors (Lipinski definition) is 0. The third kappa shape index (κ3) is 6.38. The minimum absolute atomic E-state index is 0.355. The molecule has 0 amide bonds. The average Bonchev–Trinajstić information content (AvgIpc) is 2.76. The van der Waals surface area contributed by atoms with E-state index >= 15 is 0 Å². The van der Waals surface area contributed by atoms with Crippen LogP contribution in [-0.4, -0.2) is 19.3 Å². The van der Waals surface area contributed by atoms with E-state index in [1.54, 1.807) is 5.56 Å². The van der Waals surface area contributed by atoms with Gasteiger partial charge in [0.15, 0.2) is 0 Å². The molecule has 0 atom stereocenters. The zero-order valence-corrected chi connectivity index (χ0v) is 20.2. The summed E-state index contributed by atoms with van der Waals surface area (Å²) in [5, 5.41) is 0. The third-order valence-corrected chi connectivity index (χ3v) is 7.81. The molecule has 0 bridgehead atoms. The molecule has 0 N–H and O–H groups in total. The quantitative estimate of drug-likeness (QED) is 0.471. The molecule has 2 aliphatic carbocycles. The first kappa shape index (κ1) is 23.4. The molecule has 2 aliphatic rings. The number of methoxy groups -OCH3 is 1. The maximum atomic E-state index is 6.68. The maximum absolute atomic E-state index is 6.68. The molecule has 0 saturated heterocycles. The van der Waals surface area contributed by atoms with Crippen molar-refractivity contribution in [2.24, 2.45) is 0 Å². The van der Waals surface area contributed by atoms with Crippen molar-refractivity contribution in [3.05, 3.63) is 65.2 Å². The van der Waals surface area contributed by atoms with Crippen molar-refractivity contribution >= 4 is 0 Å². The van der Waals surface area contributed by atoms with Crippen molar-refractivity contribution in [2.45, 2.75) is 108 Å². The van der Waals surface area contributed by atoms with Crippen molar-refractivity contribution < 1.29 is 9.47 Å². The average molecular weight is 435 g/mol. The molecule has 0 aromatic heterocycles. The van der Waals surface area contributed by atoms with Gasteiger partial charge in [0.25, 0.3) is 0 Å². The Hall–Kier alpha value is -1.80. The molecule has 2 aromatic carbocycles. The second-order valence-electron chi connectivity index (χ2n) is 10.2. The summed E-state index contributed by atoms with van der Waals surface area (Å²) in [7, 11) is 1.86. The van der Waals surface area contributed by atoms with E-state index in [0.29, 0.717) is 18.1 Å². The van der Waals surface area contributed by atoms with Crippen molar-refractivity contribution in [3.63, 3.8) is 0 Å². The highest BCUT2D eigenvalue weighted by Gasteiger charge is 2.23. The molecule has 0 radical (unpaired) electrons. The van der Waals surface area contributed by atoms with Gasteiger partial charge < -0.3 is 9.47 Å². The predicted octanol–water partition coefficient (Wildman–Crippen LogP) is 8.33.